The first-order valence-corrected chi connectivity index (χ1v) is 7.96. The van der Waals surface area contributed by atoms with E-state index in [9.17, 15) is 0 Å². The Bertz CT molecular complexity index is 459. The molecule has 1 aliphatic rings. The molecule has 0 unspecified atom stereocenters. The van der Waals surface area contributed by atoms with Gasteiger partial charge in [-0.3, -0.25) is 9.88 Å². The van der Waals surface area contributed by atoms with E-state index in [1.54, 1.807) is 6.20 Å². The molecular formula is C16H25N3S. The maximum Gasteiger partial charge on any atom is 0.122 e. The van der Waals surface area contributed by atoms with Crippen molar-refractivity contribution in [2.24, 2.45) is 11.1 Å². The number of aromatic nitrogens is 1. The Balaban J connectivity index is 1.96. The van der Waals surface area contributed by atoms with E-state index >= 15 is 0 Å². The van der Waals surface area contributed by atoms with Gasteiger partial charge in [-0.2, -0.15) is 0 Å². The Kier molecular flexibility index (Phi) is 5.11. The van der Waals surface area contributed by atoms with Crippen molar-refractivity contribution in [3.8, 4) is 0 Å². The quantitative estimate of drug-likeness (QED) is 0.846. The highest BCUT2D eigenvalue weighted by atomic mass is 32.1. The highest BCUT2D eigenvalue weighted by Crippen LogP contribution is 2.38. The van der Waals surface area contributed by atoms with Gasteiger partial charge in [0, 0.05) is 12.7 Å². The second-order valence-corrected chi connectivity index (χ2v) is 6.34. The molecule has 1 aromatic heterocycles. The highest BCUT2D eigenvalue weighted by Gasteiger charge is 2.30. The summed E-state index contributed by atoms with van der Waals surface area (Å²) in [6, 6.07) is 4.08. The maximum atomic E-state index is 5.64. The summed E-state index contributed by atoms with van der Waals surface area (Å²) < 4.78 is 0. The predicted octanol–water partition coefficient (Wildman–Crippen LogP) is 3.12. The normalized spacial score (nSPS) is 18.9. The molecule has 0 spiro atoms. The molecule has 0 aliphatic carbocycles. The summed E-state index contributed by atoms with van der Waals surface area (Å²) in [5, 5.41) is 0. The number of pyridine rings is 1. The third-order valence-corrected chi connectivity index (χ3v) is 5.11. The molecule has 20 heavy (non-hydrogen) atoms. The first-order valence-electron chi connectivity index (χ1n) is 7.55. The molecule has 2 heterocycles. The van der Waals surface area contributed by atoms with Gasteiger partial charge < -0.3 is 5.73 Å². The van der Waals surface area contributed by atoms with E-state index < -0.39 is 0 Å². The van der Waals surface area contributed by atoms with E-state index in [4.69, 9.17) is 18.0 Å². The van der Waals surface area contributed by atoms with Crippen molar-refractivity contribution in [1.82, 2.24) is 9.88 Å². The zero-order chi connectivity index (χ0) is 14.6. The van der Waals surface area contributed by atoms with Crippen molar-refractivity contribution >= 4 is 17.2 Å². The number of hydrogen-bond donors (Lipinski definition) is 1. The van der Waals surface area contributed by atoms with Gasteiger partial charge in [0.1, 0.15) is 4.99 Å². The molecule has 110 valence electrons. The molecule has 1 aliphatic heterocycles. The monoisotopic (exact) mass is 291 g/mol. The van der Waals surface area contributed by atoms with Crippen molar-refractivity contribution in [1.29, 1.82) is 0 Å². The van der Waals surface area contributed by atoms with Gasteiger partial charge in [0.05, 0.1) is 5.69 Å². The van der Waals surface area contributed by atoms with Crippen LogP contribution in [0.1, 0.15) is 50.8 Å². The first-order chi connectivity index (χ1) is 9.58. The fraction of sp³-hybridized carbons (Fsp3) is 0.625. The summed E-state index contributed by atoms with van der Waals surface area (Å²) in [6.07, 6.45) is 7.03. The Labute approximate surface area is 127 Å². The van der Waals surface area contributed by atoms with Crippen LogP contribution in [0.25, 0.3) is 0 Å². The van der Waals surface area contributed by atoms with E-state index in [2.05, 4.69) is 29.8 Å². The SMILES string of the molecule is CCC1(CC)CCN(Cc2ccnc(C(N)=S)c2)CC1. The second kappa shape index (κ2) is 6.64. The van der Waals surface area contributed by atoms with E-state index in [1.807, 2.05) is 6.07 Å². The van der Waals surface area contributed by atoms with Crippen molar-refractivity contribution in [2.75, 3.05) is 13.1 Å². The molecule has 0 amide bonds. The molecule has 0 bridgehead atoms. The third kappa shape index (κ3) is 3.55. The molecular weight excluding hydrogens is 266 g/mol. The molecule has 0 radical (unpaired) electrons. The molecule has 2 rings (SSSR count). The molecule has 0 aromatic carbocycles. The molecule has 1 saturated heterocycles. The van der Waals surface area contributed by atoms with Crippen LogP contribution in [0.4, 0.5) is 0 Å². The van der Waals surface area contributed by atoms with Gasteiger partial charge in [-0.25, -0.2) is 0 Å². The summed E-state index contributed by atoms with van der Waals surface area (Å²) >= 11 is 4.99. The minimum Gasteiger partial charge on any atom is -0.388 e. The van der Waals surface area contributed by atoms with Crippen LogP contribution in [-0.4, -0.2) is 28.0 Å². The minimum atomic E-state index is 0.376. The Morgan fingerprint density at radius 1 is 1.35 bits per heavy atom. The van der Waals surface area contributed by atoms with Crippen LogP contribution in [0.3, 0.4) is 0 Å². The lowest BCUT2D eigenvalue weighted by atomic mass is 9.74. The topological polar surface area (TPSA) is 42.2 Å². The number of hydrogen-bond acceptors (Lipinski definition) is 3. The fourth-order valence-corrected chi connectivity index (χ4v) is 3.22. The average molecular weight is 291 g/mol. The molecule has 2 N–H and O–H groups in total. The largest absolute Gasteiger partial charge is 0.388 e. The lowest BCUT2D eigenvalue weighted by Crippen LogP contribution is -2.39. The van der Waals surface area contributed by atoms with Crippen LogP contribution in [0, 0.1) is 5.41 Å². The van der Waals surface area contributed by atoms with Gasteiger partial charge in [-0.05, 0) is 49.0 Å². The van der Waals surface area contributed by atoms with Crippen molar-refractivity contribution in [2.45, 2.75) is 46.1 Å². The number of thiocarbonyl (C=S) groups is 1. The number of piperidine rings is 1. The number of nitrogens with two attached hydrogens (primary N) is 1. The second-order valence-electron chi connectivity index (χ2n) is 5.90. The Morgan fingerprint density at radius 3 is 2.55 bits per heavy atom. The summed E-state index contributed by atoms with van der Waals surface area (Å²) in [4.78, 5) is 7.10. The zero-order valence-electron chi connectivity index (χ0n) is 12.6. The van der Waals surface area contributed by atoms with Crippen LogP contribution < -0.4 is 5.73 Å². The van der Waals surface area contributed by atoms with Crippen LogP contribution >= 0.6 is 12.2 Å². The highest BCUT2D eigenvalue weighted by molar-refractivity contribution is 7.80. The third-order valence-electron chi connectivity index (χ3n) is 4.90. The zero-order valence-corrected chi connectivity index (χ0v) is 13.4. The molecule has 0 atom stereocenters. The maximum absolute atomic E-state index is 5.64. The van der Waals surface area contributed by atoms with Gasteiger partial charge in [0.2, 0.25) is 0 Å². The predicted molar refractivity (Wildman–Crippen MR) is 87.7 cm³/mol. The van der Waals surface area contributed by atoms with Crippen LogP contribution in [0.5, 0.6) is 0 Å². The molecule has 1 aromatic rings. The summed E-state index contributed by atoms with van der Waals surface area (Å²) in [5.74, 6) is 0. The van der Waals surface area contributed by atoms with Crippen molar-refractivity contribution < 1.29 is 0 Å². The average Bonchev–Trinajstić information content (AvgIpc) is 2.49. The number of likely N-dealkylation sites (tertiary alicyclic amines) is 1. The summed E-state index contributed by atoms with van der Waals surface area (Å²) in [5.41, 5.74) is 8.21. The van der Waals surface area contributed by atoms with E-state index in [0.29, 0.717) is 10.4 Å². The molecule has 0 saturated carbocycles. The number of nitrogens with zero attached hydrogens (tertiary/aromatic N) is 2. The van der Waals surface area contributed by atoms with Gasteiger partial charge in [0.15, 0.2) is 0 Å². The van der Waals surface area contributed by atoms with Gasteiger partial charge in [-0.1, -0.05) is 38.9 Å². The van der Waals surface area contributed by atoms with Crippen LogP contribution in [0.15, 0.2) is 18.3 Å². The summed E-state index contributed by atoms with van der Waals surface area (Å²) in [6.45, 7) is 8.01. The standard InChI is InChI=1S/C16H25N3S/c1-3-16(4-2)6-9-19(10-7-16)12-13-5-8-18-14(11-13)15(17)20/h5,8,11H,3-4,6-7,9-10,12H2,1-2H3,(H2,17,20). The Hall–Kier alpha value is -1.00. The van der Waals surface area contributed by atoms with Crippen LogP contribution in [0.2, 0.25) is 0 Å². The van der Waals surface area contributed by atoms with Crippen LogP contribution in [-0.2, 0) is 6.54 Å². The lowest BCUT2D eigenvalue weighted by molar-refractivity contribution is 0.0909. The summed E-state index contributed by atoms with van der Waals surface area (Å²) in [7, 11) is 0. The van der Waals surface area contributed by atoms with E-state index in [1.165, 1.54) is 44.3 Å². The van der Waals surface area contributed by atoms with E-state index in [0.717, 1.165) is 12.2 Å². The van der Waals surface area contributed by atoms with Crippen molar-refractivity contribution in [3.63, 3.8) is 0 Å². The molecule has 4 heteroatoms. The molecule has 3 nitrogen and oxygen atoms in total. The minimum absolute atomic E-state index is 0.376. The van der Waals surface area contributed by atoms with Gasteiger partial charge in [0.25, 0.3) is 0 Å². The number of rotatable bonds is 5. The lowest BCUT2D eigenvalue weighted by Gasteiger charge is -2.41. The Morgan fingerprint density at radius 2 is 2.00 bits per heavy atom. The van der Waals surface area contributed by atoms with Crippen molar-refractivity contribution in [3.05, 3.63) is 29.6 Å². The first kappa shape index (κ1) is 15.4. The van der Waals surface area contributed by atoms with Gasteiger partial charge in [-0.15, -0.1) is 0 Å². The molecule has 1 fully saturated rings. The smallest absolute Gasteiger partial charge is 0.122 e. The fourth-order valence-electron chi connectivity index (χ4n) is 3.11. The van der Waals surface area contributed by atoms with Gasteiger partial charge >= 0.3 is 0 Å². The van der Waals surface area contributed by atoms with E-state index in [-0.39, 0.29) is 0 Å².